The molecule has 0 aliphatic carbocycles. The number of aliphatic hydroxyl groups is 1. The maximum absolute atomic E-state index is 12.4. The van der Waals surface area contributed by atoms with Gasteiger partial charge in [0.05, 0.1) is 17.3 Å². The molecule has 1 saturated heterocycles. The second-order valence-electron chi connectivity index (χ2n) is 6.55. The third kappa shape index (κ3) is 2.65. The fourth-order valence-corrected chi connectivity index (χ4v) is 3.54. The average Bonchev–Trinajstić information content (AvgIpc) is 2.58. The summed E-state index contributed by atoms with van der Waals surface area (Å²) in [5.74, 6) is 0.489. The number of aromatic nitrogens is 2. The van der Waals surface area contributed by atoms with Gasteiger partial charge in [-0.05, 0) is 31.9 Å². The van der Waals surface area contributed by atoms with Gasteiger partial charge in [0.15, 0.2) is 0 Å². The molecule has 2 aromatic heterocycles. The van der Waals surface area contributed by atoms with Crippen molar-refractivity contribution < 1.29 is 5.11 Å². The van der Waals surface area contributed by atoms with Gasteiger partial charge in [0, 0.05) is 31.6 Å². The lowest BCUT2D eigenvalue weighted by molar-refractivity contribution is 0.0734. The van der Waals surface area contributed by atoms with E-state index in [-0.39, 0.29) is 23.6 Å². The van der Waals surface area contributed by atoms with Crippen LogP contribution >= 0.6 is 0 Å². The number of nitrogens with zero attached hydrogens (tertiary/aromatic N) is 4. The highest BCUT2D eigenvalue weighted by Gasteiger charge is 2.33. The molecule has 1 fully saturated rings. The predicted molar refractivity (Wildman–Crippen MR) is 94.5 cm³/mol. The molecule has 0 unspecified atom stereocenters. The number of fused-ring (bicyclic) bond motifs is 1. The first-order valence-corrected chi connectivity index (χ1v) is 8.29. The van der Waals surface area contributed by atoms with E-state index in [1.54, 1.807) is 29.8 Å². The Morgan fingerprint density at radius 2 is 2.21 bits per heavy atom. The topological polar surface area (TPSA) is 62.7 Å². The van der Waals surface area contributed by atoms with Crippen LogP contribution in [0.2, 0.25) is 0 Å². The highest BCUT2D eigenvalue weighted by molar-refractivity contribution is 5.89. The number of anilines is 1. The Hall–Kier alpha value is -2.39. The van der Waals surface area contributed by atoms with E-state index in [9.17, 15) is 9.90 Å². The second kappa shape index (κ2) is 6.25. The molecule has 0 spiro atoms. The summed E-state index contributed by atoms with van der Waals surface area (Å²) in [6, 6.07) is 5.12. The lowest BCUT2D eigenvalue weighted by atomic mass is 9.88. The fourth-order valence-electron chi connectivity index (χ4n) is 3.54. The molecule has 0 bridgehead atoms. The van der Waals surface area contributed by atoms with E-state index in [1.165, 1.54) is 0 Å². The Morgan fingerprint density at radius 1 is 1.46 bits per heavy atom. The SMILES string of the molecule is [C-]#[N+]c1ccc2c(n1)c(N1C[C@@H](CC)[C@@H](O)C[C@H]1C)cc(=O)n2C. The Balaban J connectivity index is 2.20. The highest BCUT2D eigenvalue weighted by atomic mass is 16.3. The van der Waals surface area contributed by atoms with Crippen LogP contribution in [0.3, 0.4) is 0 Å². The van der Waals surface area contributed by atoms with E-state index in [0.717, 1.165) is 17.6 Å². The molecular formula is C18H22N4O2. The minimum absolute atomic E-state index is 0.0961. The van der Waals surface area contributed by atoms with Crippen molar-refractivity contribution in [1.29, 1.82) is 0 Å². The quantitative estimate of drug-likeness (QED) is 0.861. The van der Waals surface area contributed by atoms with Crippen LogP contribution in [0, 0.1) is 12.5 Å². The summed E-state index contributed by atoms with van der Waals surface area (Å²) in [5.41, 5.74) is 2.05. The van der Waals surface area contributed by atoms with Gasteiger partial charge in [0.2, 0.25) is 5.52 Å². The zero-order valence-electron chi connectivity index (χ0n) is 14.2. The smallest absolute Gasteiger partial charge is 0.270 e. The van der Waals surface area contributed by atoms with Gasteiger partial charge in [-0.3, -0.25) is 4.79 Å². The summed E-state index contributed by atoms with van der Waals surface area (Å²) in [7, 11) is 1.71. The molecule has 6 heteroatoms. The van der Waals surface area contributed by atoms with Crippen molar-refractivity contribution in [2.24, 2.45) is 13.0 Å². The van der Waals surface area contributed by atoms with Crippen LogP contribution < -0.4 is 10.5 Å². The molecular weight excluding hydrogens is 304 g/mol. The molecule has 0 saturated carbocycles. The van der Waals surface area contributed by atoms with Gasteiger partial charge in [-0.25, -0.2) is 0 Å². The predicted octanol–water partition coefficient (Wildman–Crippen LogP) is 2.47. The molecule has 1 N–H and O–H groups in total. The molecule has 3 heterocycles. The molecule has 0 radical (unpaired) electrons. The van der Waals surface area contributed by atoms with Gasteiger partial charge in [-0.15, -0.1) is 4.98 Å². The first kappa shape index (κ1) is 16.5. The number of pyridine rings is 2. The molecule has 0 aromatic carbocycles. The number of aliphatic hydroxyl groups excluding tert-OH is 1. The molecule has 2 aromatic rings. The normalized spacial score (nSPS) is 24.1. The maximum atomic E-state index is 12.4. The van der Waals surface area contributed by atoms with Crippen molar-refractivity contribution in [2.45, 2.75) is 38.8 Å². The third-order valence-corrected chi connectivity index (χ3v) is 5.09. The van der Waals surface area contributed by atoms with Gasteiger partial charge in [-0.1, -0.05) is 13.5 Å². The van der Waals surface area contributed by atoms with Crippen LogP contribution in [0.5, 0.6) is 0 Å². The number of aryl methyl sites for hydroxylation is 1. The van der Waals surface area contributed by atoms with Crippen LogP contribution in [0.4, 0.5) is 11.5 Å². The lowest BCUT2D eigenvalue weighted by Crippen LogP contribution is -2.48. The minimum Gasteiger partial charge on any atom is -0.393 e. The number of hydrogen-bond acceptors (Lipinski definition) is 4. The van der Waals surface area contributed by atoms with E-state index < -0.39 is 0 Å². The summed E-state index contributed by atoms with van der Waals surface area (Å²) in [6.07, 6.45) is 1.23. The van der Waals surface area contributed by atoms with E-state index in [0.29, 0.717) is 24.3 Å². The summed E-state index contributed by atoms with van der Waals surface area (Å²) in [4.78, 5) is 22.4. The van der Waals surface area contributed by atoms with E-state index in [1.807, 2.05) is 0 Å². The zero-order valence-corrected chi connectivity index (χ0v) is 14.2. The Kier molecular flexibility index (Phi) is 4.29. The Morgan fingerprint density at radius 3 is 2.88 bits per heavy atom. The second-order valence-corrected chi connectivity index (χ2v) is 6.55. The summed E-state index contributed by atoms with van der Waals surface area (Å²) < 4.78 is 1.56. The monoisotopic (exact) mass is 326 g/mol. The van der Waals surface area contributed by atoms with Crippen LogP contribution in [0.25, 0.3) is 15.9 Å². The van der Waals surface area contributed by atoms with E-state index in [2.05, 4.69) is 28.6 Å². The van der Waals surface area contributed by atoms with Crippen molar-refractivity contribution in [1.82, 2.24) is 9.55 Å². The number of piperidine rings is 1. The molecule has 3 rings (SSSR count). The molecule has 24 heavy (non-hydrogen) atoms. The Labute approximate surface area is 141 Å². The summed E-state index contributed by atoms with van der Waals surface area (Å²) >= 11 is 0. The largest absolute Gasteiger partial charge is 0.393 e. The molecule has 126 valence electrons. The summed E-state index contributed by atoms with van der Waals surface area (Å²) in [6.45, 7) is 12.0. The minimum atomic E-state index is -0.314. The van der Waals surface area contributed by atoms with Crippen molar-refractivity contribution in [2.75, 3.05) is 11.4 Å². The van der Waals surface area contributed by atoms with E-state index >= 15 is 0 Å². The summed E-state index contributed by atoms with van der Waals surface area (Å²) in [5, 5.41) is 10.3. The zero-order chi connectivity index (χ0) is 17.4. The van der Waals surface area contributed by atoms with Crippen molar-refractivity contribution in [3.63, 3.8) is 0 Å². The lowest BCUT2D eigenvalue weighted by Gasteiger charge is -2.42. The van der Waals surface area contributed by atoms with Crippen LogP contribution in [-0.2, 0) is 7.05 Å². The Bertz CT molecular complexity index is 868. The van der Waals surface area contributed by atoms with Crippen LogP contribution in [0.15, 0.2) is 23.0 Å². The highest BCUT2D eigenvalue weighted by Crippen LogP contribution is 2.33. The first-order valence-electron chi connectivity index (χ1n) is 8.29. The van der Waals surface area contributed by atoms with Gasteiger partial charge < -0.3 is 19.4 Å². The number of hydrogen-bond donors (Lipinski definition) is 1. The molecule has 1 aliphatic heterocycles. The maximum Gasteiger partial charge on any atom is 0.270 e. The molecule has 6 nitrogen and oxygen atoms in total. The fraction of sp³-hybridized carbons (Fsp3) is 0.500. The molecule has 0 amide bonds. The van der Waals surface area contributed by atoms with Crippen LogP contribution in [0.1, 0.15) is 26.7 Å². The number of rotatable bonds is 2. The van der Waals surface area contributed by atoms with Crippen molar-refractivity contribution in [3.05, 3.63) is 40.0 Å². The van der Waals surface area contributed by atoms with Crippen molar-refractivity contribution >= 4 is 22.5 Å². The van der Waals surface area contributed by atoms with Gasteiger partial charge >= 0.3 is 0 Å². The van der Waals surface area contributed by atoms with Crippen molar-refractivity contribution in [3.8, 4) is 0 Å². The average molecular weight is 326 g/mol. The van der Waals surface area contributed by atoms with Crippen LogP contribution in [-0.4, -0.2) is 33.3 Å². The van der Waals surface area contributed by atoms with Gasteiger partial charge in [0.1, 0.15) is 0 Å². The van der Waals surface area contributed by atoms with Gasteiger partial charge in [0.25, 0.3) is 11.4 Å². The molecule has 3 atom stereocenters. The molecule has 1 aliphatic rings. The standard InChI is InChI=1S/C18H22N4O2/c1-5-12-10-22(11(2)8-15(12)23)14-9-17(24)21(4)13-6-7-16(19-3)20-18(13)14/h6-7,9,11-12,15,23H,5,8,10H2,1-2,4H3/t11-,12-,15+/m1/s1. The third-order valence-electron chi connectivity index (χ3n) is 5.09. The first-order chi connectivity index (χ1) is 11.5. The van der Waals surface area contributed by atoms with E-state index in [4.69, 9.17) is 6.57 Å². The van der Waals surface area contributed by atoms with Gasteiger partial charge in [-0.2, -0.15) is 0 Å².